The quantitative estimate of drug-likeness (QED) is 0.814. The number of aromatic hydroxyl groups is 1. The van der Waals surface area contributed by atoms with Crippen molar-refractivity contribution in [2.24, 2.45) is 0 Å². The number of amides is 1. The van der Waals surface area contributed by atoms with Crippen LogP contribution in [0.25, 0.3) is 0 Å². The summed E-state index contributed by atoms with van der Waals surface area (Å²) in [6.45, 7) is 0. The zero-order valence-corrected chi connectivity index (χ0v) is 12.6. The van der Waals surface area contributed by atoms with Crippen LogP contribution in [0.15, 0.2) is 40.9 Å². The van der Waals surface area contributed by atoms with E-state index in [9.17, 15) is 9.90 Å². The topological polar surface area (TPSA) is 49.3 Å². The summed E-state index contributed by atoms with van der Waals surface area (Å²) < 4.78 is 0.669. The standard InChI is InChI=1S/C13H8BrCl2NO2/c14-10-6-8(2-3-11(10)16)17-13(19)9-5-7(15)1-4-12(9)18/h1-6,18H,(H,17,19). The first-order valence-electron chi connectivity index (χ1n) is 5.22. The Balaban J connectivity index is 2.25. The van der Waals surface area contributed by atoms with E-state index in [1.165, 1.54) is 18.2 Å². The Labute approximate surface area is 128 Å². The number of benzene rings is 2. The number of carbonyl (C=O) groups excluding carboxylic acids is 1. The first-order valence-corrected chi connectivity index (χ1v) is 6.77. The molecule has 19 heavy (non-hydrogen) atoms. The fourth-order valence-corrected chi connectivity index (χ4v) is 2.13. The molecule has 1 amide bonds. The summed E-state index contributed by atoms with van der Waals surface area (Å²) in [5.41, 5.74) is 0.666. The fraction of sp³-hybridized carbons (Fsp3) is 0. The van der Waals surface area contributed by atoms with Gasteiger partial charge in [0.05, 0.1) is 10.6 Å². The van der Waals surface area contributed by atoms with E-state index in [-0.39, 0.29) is 11.3 Å². The molecule has 0 aliphatic carbocycles. The molecule has 2 aromatic carbocycles. The average molecular weight is 361 g/mol. The Kier molecular flexibility index (Phi) is 4.34. The van der Waals surface area contributed by atoms with E-state index in [1.54, 1.807) is 18.2 Å². The molecular weight excluding hydrogens is 353 g/mol. The van der Waals surface area contributed by atoms with Gasteiger partial charge in [0.2, 0.25) is 0 Å². The van der Waals surface area contributed by atoms with Gasteiger partial charge in [-0.25, -0.2) is 0 Å². The van der Waals surface area contributed by atoms with E-state index >= 15 is 0 Å². The molecule has 2 rings (SSSR count). The number of anilines is 1. The molecule has 0 aromatic heterocycles. The van der Waals surface area contributed by atoms with Crippen molar-refractivity contribution in [3.05, 3.63) is 56.5 Å². The molecule has 0 saturated heterocycles. The molecule has 0 heterocycles. The van der Waals surface area contributed by atoms with Crippen molar-refractivity contribution < 1.29 is 9.90 Å². The Hall–Kier alpha value is -1.23. The second-order valence-electron chi connectivity index (χ2n) is 3.74. The van der Waals surface area contributed by atoms with Crippen molar-refractivity contribution in [1.29, 1.82) is 0 Å². The number of halogens is 3. The lowest BCUT2D eigenvalue weighted by molar-refractivity contribution is 0.102. The monoisotopic (exact) mass is 359 g/mol. The summed E-state index contributed by atoms with van der Waals surface area (Å²) in [5.74, 6) is -0.579. The average Bonchev–Trinajstić information content (AvgIpc) is 2.36. The van der Waals surface area contributed by atoms with Gasteiger partial charge in [-0.1, -0.05) is 23.2 Å². The number of phenolic OH excluding ortho intramolecular Hbond substituents is 1. The van der Waals surface area contributed by atoms with Gasteiger partial charge in [0.1, 0.15) is 5.75 Å². The Morgan fingerprint density at radius 1 is 1.16 bits per heavy atom. The maximum atomic E-state index is 12.0. The fourth-order valence-electron chi connectivity index (χ4n) is 1.46. The van der Waals surface area contributed by atoms with Crippen molar-refractivity contribution >= 4 is 50.7 Å². The minimum absolute atomic E-state index is 0.110. The van der Waals surface area contributed by atoms with Crippen molar-refractivity contribution in [3.8, 4) is 5.75 Å². The maximum Gasteiger partial charge on any atom is 0.259 e. The van der Waals surface area contributed by atoms with Gasteiger partial charge in [-0.3, -0.25) is 4.79 Å². The van der Waals surface area contributed by atoms with Gasteiger partial charge in [0.15, 0.2) is 0 Å². The highest BCUT2D eigenvalue weighted by Crippen LogP contribution is 2.27. The lowest BCUT2D eigenvalue weighted by atomic mass is 10.2. The number of carbonyl (C=O) groups is 1. The molecule has 6 heteroatoms. The zero-order chi connectivity index (χ0) is 14.0. The zero-order valence-electron chi connectivity index (χ0n) is 9.45. The molecular formula is C13H8BrCl2NO2. The number of hydrogen-bond donors (Lipinski definition) is 2. The summed E-state index contributed by atoms with van der Waals surface area (Å²) in [5, 5.41) is 13.2. The lowest BCUT2D eigenvalue weighted by Gasteiger charge is -2.08. The SMILES string of the molecule is O=C(Nc1ccc(Cl)c(Br)c1)c1cc(Cl)ccc1O. The number of hydrogen-bond acceptors (Lipinski definition) is 2. The van der Waals surface area contributed by atoms with Crippen LogP contribution in [0.4, 0.5) is 5.69 Å². The highest BCUT2D eigenvalue weighted by molar-refractivity contribution is 9.10. The van der Waals surface area contributed by atoms with Crippen molar-refractivity contribution in [3.63, 3.8) is 0 Å². The molecule has 0 radical (unpaired) electrons. The second-order valence-corrected chi connectivity index (χ2v) is 5.44. The van der Waals surface area contributed by atoms with Crippen molar-refractivity contribution in [2.45, 2.75) is 0 Å². The van der Waals surface area contributed by atoms with Gasteiger partial charge in [-0.05, 0) is 52.3 Å². The molecule has 0 atom stereocenters. The van der Waals surface area contributed by atoms with E-state index in [0.29, 0.717) is 20.2 Å². The predicted molar refractivity (Wildman–Crippen MR) is 80.2 cm³/mol. The Morgan fingerprint density at radius 2 is 1.89 bits per heavy atom. The van der Waals surface area contributed by atoms with Crippen LogP contribution in [0.5, 0.6) is 5.75 Å². The van der Waals surface area contributed by atoms with E-state index in [1.807, 2.05) is 0 Å². The van der Waals surface area contributed by atoms with Crippen LogP contribution in [-0.2, 0) is 0 Å². The number of phenols is 1. The van der Waals surface area contributed by atoms with Gasteiger partial charge in [-0.2, -0.15) is 0 Å². The minimum atomic E-state index is -0.450. The summed E-state index contributed by atoms with van der Waals surface area (Å²) in [6, 6.07) is 9.26. The van der Waals surface area contributed by atoms with Crippen LogP contribution in [-0.4, -0.2) is 11.0 Å². The van der Waals surface area contributed by atoms with E-state index in [0.717, 1.165) is 0 Å². The first-order chi connectivity index (χ1) is 8.97. The summed E-state index contributed by atoms with van der Waals surface area (Å²) >= 11 is 14.9. The van der Waals surface area contributed by atoms with E-state index < -0.39 is 5.91 Å². The molecule has 3 nitrogen and oxygen atoms in total. The van der Waals surface area contributed by atoms with Crippen LogP contribution in [0, 0.1) is 0 Å². The van der Waals surface area contributed by atoms with Gasteiger partial charge in [-0.15, -0.1) is 0 Å². The predicted octanol–water partition coefficient (Wildman–Crippen LogP) is 4.71. The molecule has 2 N–H and O–H groups in total. The minimum Gasteiger partial charge on any atom is -0.507 e. The number of nitrogens with one attached hydrogen (secondary N) is 1. The van der Waals surface area contributed by atoms with Crippen LogP contribution in [0.2, 0.25) is 10.0 Å². The summed E-state index contributed by atoms with van der Waals surface area (Å²) in [6.07, 6.45) is 0. The van der Waals surface area contributed by atoms with Crippen LogP contribution >= 0.6 is 39.1 Å². The first kappa shape index (κ1) is 14.2. The third-order valence-corrected chi connectivity index (χ3v) is 3.83. The van der Waals surface area contributed by atoms with Gasteiger partial charge >= 0.3 is 0 Å². The molecule has 0 spiro atoms. The van der Waals surface area contributed by atoms with Crippen LogP contribution in [0.1, 0.15) is 10.4 Å². The maximum absolute atomic E-state index is 12.0. The third kappa shape index (κ3) is 3.41. The highest BCUT2D eigenvalue weighted by Gasteiger charge is 2.12. The largest absolute Gasteiger partial charge is 0.507 e. The highest BCUT2D eigenvalue weighted by atomic mass is 79.9. The molecule has 98 valence electrons. The molecule has 0 fully saturated rings. The lowest BCUT2D eigenvalue weighted by Crippen LogP contribution is -2.12. The van der Waals surface area contributed by atoms with Gasteiger partial charge < -0.3 is 10.4 Å². The van der Waals surface area contributed by atoms with E-state index in [2.05, 4.69) is 21.2 Å². The third-order valence-electron chi connectivity index (χ3n) is 2.38. The number of rotatable bonds is 2. The Morgan fingerprint density at radius 3 is 2.58 bits per heavy atom. The van der Waals surface area contributed by atoms with Crippen LogP contribution in [0.3, 0.4) is 0 Å². The molecule has 0 aliphatic heterocycles. The van der Waals surface area contributed by atoms with Crippen LogP contribution < -0.4 is 5.32 Å². The van der Waals surface area contributed by atoms with E-state index in [4.69, 9.17) is 23.2 Å². The molecule has 0 bridgehead atoms. The molecule has 2 aromatic rings. The summed E-state index contributed by atoms with van der Waals surface area (Å²) in [7, 11) is 0. The molecule has 0 aliphatic rings. The van der Waals surface area contributed by atoms with Crippen molar-refractivity contribution in [2.75, 3.05) is 5.32 Å². The Bertz CT molecular complexity index is 647. The smallest absolute Gasteiger partial charge is 0.259 e. The van der Waals surface area contributed by atoms with Gasteiger partial charge in [0.25, 0.3) is 5.91 Å². The normalized spacial score (nSPS) is 10.3. The van der Waals surface area contributed by atoms with Gasteiger partial charge in [0, 0.05) is 15.2 Å². The van der Waals surface area contributed by atoms with Crippen molar-refractivity contribution in [1.82, 2.24) is 0 Å². The summed E-state index contributed by atoms with van der Waals surface area (Å²) in [4.78, 5) is 12.0. The molecule has 0 saturated carbocycles. The second kappa shape index (κ2) is 5.82. The molecule has 0 unspecified atom stereocenters.